The van der Waals surface area contributed by atoms with Crippen molar-refractivity contribution >= 4 is 23.1 Å². The zero-order valence-corrected chi connectivity index (χ0v) is 9.92. The first-order chi connectivity index (χ1) is 7.04. The number of hydrogen-bond acceptors (Lipinski definition) is 4. The van der Waals surface area contributed by atoms with E-state index in [1.807, 2.05) is 0 Å². The molecule has 0 rings (SSSR count). The number of aliphatic hydroxyl groups is 1. The molecule has 0 bridgehead atoms. The van der Waals surface area contributed by atoms with Gasteiger partial charge in [0.25, 0.3) is 0 Å². The number of hydrogen-bond donors (Lipinski definition) is 2. The molecule has 0 aliphatic rings. The largest absolute Gasteiger partial charge is 0.395 e. The third kappa shape index (κ3) is 5.06. The van der Waals surface area contributed by atoms with Crippen LogP contribution in [0.25, 0.3) is 0 Å². The molecule has 0 heterocycles. The van der Waals surface area contributed by atoms with Gasteiger partial charge in [0, 0.05) is 20.2 Å². The number of nitrogens with zero attached hydrogens (tertiary/aromatic N) is 1. The molecule has 0 spiro atoms. The monoisotopic (exact) mass is 234 g/mol. The van der Waals surface area contributed by atoms with Crippen LogP contribution in [-0.4, -0.2) is 54.3 Å². The minimum Gasteiger partial charge on any atom is -0.395 e. The van der Waals surface area contributed by atoms with Crippen LogP contribution >= 0.6 is 12.2 Å². The summed E-state index contributed by atoms with van der Waals surface area (Å²) in [6, 6.07) is 0. The van der Waals surface area contributed by atoms with Crippen molar-refractivity contribution < 1.29 is 14.6 Å². The molecule has 0 aliphatic carbocycles. The van der Waals surface area contributed by atoms with Crippen LogP contribution < -0.4 is 5.73 Å². The summed E-state index contributed by atoms with van der Waals surface area (Å²) in [6.45, 7) is 2.70. The SMILES string of the molecule is COCCN(CCO)C(=O)C(C)C(N)=S. The fraction of sp³-hybridized carbons (Fsp3) is 0.778. The lowest BCUT2D eigenvalue weighted by Crippen LogP contribution is -2.42. The third-order valence-corrected chi connectivity index (χ3v) is 2.40. The molecule has 6 heteroatoms. The molecule has 1 atom stereocenters. The number of methoxy groups -OCH3 is 1. The summed E-state index contributed by atoms with van der Waals surface area (Å²) in [5.41, 5.74) is 5.39. The van der Waals surface area contributed by atoms with Gasteiger partial charge in [0.1, 0.15) is 0 Å². The van der Waals surface area contributed by atoms with Gasteiger partial charge in [-0.15, -0.1) is 0 Å². The van der Waals surface area contributed by atoms with Crippen molar-refractivity contribution in [1.29, 1.82) is 0 Å². The lowest BCUT2D eigenvalue weighted by molar-refractivity contribution is -0.134. The van der Waals surface area contributed by atoms with Crippen LogP contribution in [-0.2, 0) is 9.53 Å². The van der Waals surface area contributed by atoms with Gasteiger partial charge in [0.15, 0.2) is 0 Å². The second-order valence-corrected chi connectivity index (χ2v) is 3.64. The lowest BCUT2D eigenvalue weighted by atomic mass is 10.1. The van der Waals surface area contributed by atoms with Gasteiger partial charge in [-0.1, -0.05) is 12.2 Å². The summed E-state index contributed by atoms with van der Waals surface area (Å²) in [4.78, 5) is 13.4. The predicted molar refractivity (Wildman–Crippen MR) is 61.5 cm³/mol. The summed E-state index contributed by atoms with van der Waals surface area (Å²) >= 11 is 4.75. The van der Waals surface area contributed by atoms with E-state index in [0.717, 1.165) is 0 Å². The Labute approximate surface area is 95.2 Å². The van der Waals surface area contributed by atoms with Crippen molar-refractivity contribution in [2.45, 2.75) is 6.92 Å². The third-order valence-electron chi connectivity index (χ3n) is 2.04. The molecular weight excluding hydrogens is 216 g/mol. The van der Waals surface area contributed by atoms with Crippen molar-refractivity contribution in [3.05, 3.63) is 0 Å². The van der Waals surface area contributed by atoms with E-state index >= 15 is 0 Å². The number of amides is 1. The summed E-state index contributed by atoms with van der Waals surface area (Å²) in [6.07, 6.45) is 0. The molecule has 0 saturated heterocycles. The number of carbonyl (C=O) groups is 1. The van der Waals surface area contributed by atoms with E-state index in [1.54, 1.807) is 14.0 Å². The standard InChI is InChI=1S/C9H18N2O3S/c1-7(8(10)15)9(13)11(3-5-12)4-6-14-2/h7,12H,3-6H2,1-2H3,(H2,10,15). The average molecular weight is 234 g/mol. The van der Waals surface area contributed by atoms with Crippen molar-refractivity contribution in [3.8, 4) is 0 Å². The topological polar surface area (TPSA) is 75.8 Å². The van der Waals surface area contributed by atoms with Gasteiger partial charge in [0.05, 0.1) is 24.1 Å². The summed E-state index contributed by atoms with van der Waals surface area (Å²) in [5, 5.41) is 8.81. The number of rotatable bonds is 7. The molecule has 0 aromatic heterocycles. The normalized spacial score (nSPS) is 12.2. The smallest absolute Gasteiger partial charge is 0.232 e. The van der Waals surface area contributed by atoms with Gasteiger partial charge in [-0.25, -0.2) is 0 Å². The fourth-order valence-corrected chi connectivity index (χ4v) is 1.15. The number of aliphatic hydroxyl groups excluding tert-OH is 1. The van der Waals surface area contributed by atoms with Gasteiger partial charge < -0.3 is 20.5 Å². The molecule has 15 heavy (non-hydrogen) atoms. The highest BCUT2D eigenvalue weighted by Crippen LogP contribution is 2.03. The Bertz CT molecular complexity index is 223. The number of nitrogens with two attached hydrogens (primary N) is 1. The van der Waals surface area contributed by atoms with Gasteiger partial charge in [-0.3, -0.25) is 4.79 Å². The molecule has 0 aliphatic heterocycles. The molecule has 0 aromatic rings. The first-order valence-corrected chi connectivity index (χ1v) is 5.13. The summed E-state index contributed by atoms with van der Waals surface area (Å²) in [7, 11) is 1.55. The molecule has 1 amide bonds. The molecule has 0 radical (unpaired) electrons. The van der Waals surface area contributed by atoms with Crippen LogP contribution in [0.2, 0.25) is 0 Å². The van der Waals surface area contributed by atoms with E-state index < -0.39 is 5.92 Å². The van der Waals surface area contributed by atoms with Gasteiger partial charge in [-0.2, -0.15) is 0 Å². The quantitative estimate of drug-likeness (QED) is 0.574. The Hall–Kier alpha value is -0.720. The Morgan fingerprint density at radius 3 is 2.60 bits per heavy atom. The van der Waals surface area contributed by atoms with E-state index in [-0.39, 0.29) is 24.0 Å². The molecule has 3 N–H and O–H groups in total. The second kappa shape index (κ2) is 7.56. The maximum atomic E-state index is 11.8. The highest BCUT2D eigenvalue weighted by molar-refractivity contribution is 7.80. The average Bonchev–Trinajstić information content (AvgIpc) is 2.22. The van der Waals surface area contributed by atoms with E-state index in [2.05, 4.69) is 0 Å². The maximum Gasteiger partial charge on any atom is 0.232 e. The Morgan fingerprint density at radius 2 is 2.20 bits per heavy atom. The Balaban J connectivity index is 4.33. The second-order valence-electron chi connectivity index (χ2n) is 3.17. The van der Waals surface area contributed by atoms with Crippen LogP contribution in [0.4, 0.5) is 0 Å². The molecule has 0 saturated carbocycles. The van der Waals surface area contributed by atoms with E-state index in [0.29, 0.717) is 13.2 Å². The van der Waals surface area contributed by atoms with Crippen molar-refractivity contribution in [2.75, 3.05) is 33.4 Å². The highest BCUT2D eigenvalue weighted by atomic mass is 32.1. The van der Waals surface area contributed by atoms with Crippen LogP contribution in [0, 0.1) is 5.92 Å². The number of thiocarbonyl (C=S) groups is 1. The van der Waals surface area contributed by atoms with E-state index in [1.165, 1.54) is 4.90 Å². The van der Waals surface area contributed by atoms with Gasteiger partial charge in [-0.05, 0) is 6.92 Å². The van der Waals surface area contributed by atoms with Crippen molar-refractivity contribution in [3.63, 3.8) is 0 Å². The molecule has 0 fully saturated rings. The zero-order valence-electron chi connectivity index (χ0n) is 9.10. The van der Waals surface area contributed by atoms with Gasteiger partial charge in [0.2, 0.25) is 5.91 Å². The molecule has 0 aromatic carbocycles. The zero-order chi connectivity index (χ0) is 11.8. The molecular formula is C9H18N2O3S. The summed E-state index contributed by atoms with van der Waals surface area (Å²) in [5.74, 6) is -0.669. The van der Waals surface area contributed by atoms with Crippen molar-refractivity contribution in [2.24, 2.45) is 11.7 Å². The lowest BCUT2D eigenvalue weighted by Gasteiger charge is -2.24. The molecule has 1 unspecified atom stereocenters. The van der Waals surface area contributed by atoms with Crippen LogP contribution in [0.15, 0.2) is 0 Å². The fourth-order valence-electron chi connectivity index (χ4n) is 1.05. The first kappa shape index (κ1) is 14.3. The van der Waals surface area contributed by atoms with Gasteiger partial charge >= 0.3 is 0 Å². The minimum absolute atomic E-state index is 0.0838. The highest BCUT2D eigenvalue weighted by Gasteiger charge is 2.21. The van der Waals surface area contributed by atoms with Crippen molar-refractivity contribution in [1.82, 2.24) is 4.90 Å². The van der Waals surface area contributed by atoms with Crippen LogP contribution in [0.3, 0.4) is 0 Å². The molecule has 88 valence electrons. The number of ether oxygens (including phenoxy) is 1. The Kier molecular flexibility index (Phi) is 7.19. The van der Waals surface area contributed by atoms with E-state index in [4.69, 9.17) is 27.8 Å². The summed E-state index contributed by atoms with van der Waals surface area (Å²) < 4.78 is 4.87. The molecule has 5 nitrogen and oxygen atoms in total. The predicted octanol–water partition coefficient (Wildman–Crippen LogP) is -0.624. The van der Waals surface area contributed by atoms with Crippen LogP contribution in [0.5, 0.6) is 0 Å². The Morgan fingerprint density at radius 1 is 1.60 bits per heavy atom. The first-order valence-electron chi connectivity index (χ1n) is 4.72. The maximum absolute atomic E-state index is 11.8. The van der Waals surface area contributed by atoms with E-state index in [9.17, 15) is 4.79 Å². The van der Waals surface area contributed by atoms with Crippen LogP contribution in [0.1, 0.15) is 6.92 Å². The number of carbonyl (C=O) groups excluding carboxylic acids is 1. The minimum atomic E-state index is -0.497.